The van der Waals surface area contributed by atoms with Crippen molar-refractivity contribution >= 4 is 50.6 Å². The Balaban J connectivity index is 1.64. The van der Waals surface area contributed by atoms with Gasteiger partial charge in [0.2, 0.25) is 21.8 Å². The molecular weight excluding hydrogens is 444 g/mol. The van der Waals surface area contributed by atoms with Crippen LogP contribution in [0.25, 0.3) is 0 Å². The molecule has 8 nitrogen and oxygen atoms in total. The van der Waals surface area contributed by atoms with Gasteiger partial charge in [0.05, 0.1) is 21.5 Å². The average Bonchev–Trinajstić information content (AvgIpc) is 3.38. The molecule has 1 atom stereocenters. The van der Waals surface area contributed by atoms with Crippen molar-refractivity contribution in [2.75, 3.05) is 23.5 Å². The van der Waals surface area contributed by atoms with E-state index in [1.54, 1.807) is 30.4 Å². The minimum absolute atomic E-state index is 0.0928. The van der Waals surface area contributed by atoms with E-state index in [9.17, 15) is 18.0 Å². The largest absolute Gasteiger partial charge is 0.354 e. The first kappa shape index (κ1) is 22.7. The third-order valence-electron chi connectivity index (χ3n) is 4.56. The number of aromatic nitrogens is 1. The summed E-state index contributed by atoms with van der Waals surface area (Å²) in [5.74, 6) is 0.180. The van der Waals surface area contributed by atoms with E-state index in [1.165, 1.54) is 28.2 Å². The van der Waals surface area contributed by atoms with Crippen LogP contribution in [0.15, 0.2) is 34.5 Å². The van der Waals surface area contributed by atoms with Gasteiger partial charge >= 0.3 is 0 Å². The summed E-state index contributed by atoms with van der Waals surface area (Å²) in [5.41, 5.74) is 1.45. The number of rotatable bonds is 8. The Labute approximate surface area is 184 Å². The Kier molecular flexibility index (Phi) is 7.50. The number of carbonyl (C=O) groups excluding carboxylic acids is 2. The van der Waals surface area contributed by atoms with Crippen LogP contribution in [0.4, 0.5) is 5.69 Å². The van der Waals surface area contributed by atoms with Crippen molar-refractivity contribution in [3.63, 3.8) is 0 Å². The quantitative estimate of drug-likeness (QED) is 0.615. The fraction of sp³-hybridized carbons (Fsp3) is 0.421. The Morgan fingerprint density at radius 2 is 2.00 bits per heavy atom. The van der Waals surface area contributed by atoms with Gasteiger partial charge < -0.3 is 10.6 Å². The molecule has 11 heteroatoms. The maximum absolute atomic E-state index is 13.1. The highest BCUT2D eigenvalue weighted by Gasteiger charge is 2.39. The lowest BCUT2D eigenvalue weighted by Gasteiger charge is -2.22. The molecule has 1 aliphatic rings. The Morgan fingerprint density at radius 1 is 1.27 bits per heavy atom. The van der Waals surface area contributed by atoms with E-state index in [0.717, 1.165) is 10.7 Å². The lowest BCUT2D eigenvalue weighted by Crippen LogP contribution is -2.47. The van der Waals surface area contributed by atoms with Gasteiger partial charge in [-0.15, -0.1) is 23.1 Å². The molecular formula is C19H24N4O4S3. The van der Waals surface area contributed by atoms with Gasteiger partial charge in [0.1, 0.15) is 6.04 Å². The van der Waals surface area contributed by atoms with Crippen LogP contribution in [-0.4, -0.2) is 53.7 Å². The van der Waals surface area contributed by atoms with Crippen LogP contribution in [0.5, 0.6) is 0 Å². The van der Waals surface area contributed by atoms with Crippen LogP contribution in [0.2, 0.25) is 0 Å². The van der Waals surface area contributed by atoms with Gasteiger partial charge in [0, 0.05) is 36.2 Å². The monoisotopic (exact) mass is 468 g/mol. The van der Waals surface area contributed by atoms with Crippen LogP contribution in [0.1, 0.15) is 24.0 Å². The third-order valence-corrected chi connectivity index (χ3v) is 8.42. The number of aryl methyl sites for hydroxylation is 1. The summed E-state index contributed by atoms with van der Waals surface area (Å²) in [6.07, 6.45) is 0.942. The fourth-order valence-corrected chi connectivity index (χ4v) is 6.72. The molecule has 0 radical (unpaired) electrons. The molecule has 0 aliphatic carbocycles. The first-order valence-corrected chi connectivity index (χ1v) is 13.0. The van der Waals surface area contributed by atoms with Crippen molar-refractivity contribution in [3.8, 4) is 0 Å². The molecule has 0 saturated carbocycles. The van der Waals surface area contributed by atoms with Crippen molar-refractivity contribution in [2.45, 2.75) is 37.6 Å². The number of benzene rings is 1. The van der Waals surface area contributed by atoms with Gasteiger partial charge in [-0.3, -0.25) is 9.59 Å². The number of thiazole rings is 1. The molecule has 2 amide bonds. The van der Waals surface area contributed by atoms with Gasteiger partial charge in [0.25, 0.3) is 0 Å². The number of nitrogens with zero attached hydrogens (tertiary/aromatic N) is 2. The molecule has 1 saturated heterocycles. The lowest BCUT2D eigenvalue weighted by atomic mass is 10.3. The third kappa shape index (κ3) is 5.39. The predicted octanol–water partition coefficient (Wildman–Crippen LogP) is 2.22. The predicted molar refractivity (Wildman–Crippen MR) is 119 cm³/mol. The zero-order valence-corrected chi connectivity index (χ0v) is 19.2. The van der Waals surface area contributed by atoms with Crippen LogP contribution >= 0.6 is 23.1 Å². The number of amides is 2. The van der Waals surface area contributed by atoms with Crippen molar-refractivity contribution < 1.29 is 18.0 Å². The number of carbonyl (C=O) groups is 2. The zero-order chi connectivity index (χ0) is 21.7. The Morgan fingerprint density at radius 3 is 2.63 bits per heavy atom. The molecule has 1 aliphatic heterocycles. The molecule has 30 heavy (non-hydrogen) atoms. The Hall–Kier alpha value is -1.95. The number of sulfonamides is 1. The minimum atomic E-state index is -3.83. The fourth-order valence-electron chi connectivity index (χ4n) is 2.92. The standard InChI is InChI=1S/C19H24N4O4S3/c1-3-18(24)22-14-4-6-16(7-5-14)30(26,27)23-12-28-11-17(23)19(25)20-9-8-15-10-29-13(2)21-15/h4-7,10,17H,3,8-9,11-12H2,1-2H3,(H,20,25)(H,22,24)/t17-/m1/s1. The topological polar surface area (TPSA) is 108 Å². The summed E-state index contributed by atoms with van der Waals surface area (Å²) in [7, 11) is -3.83. The van der Waals surface area contributed by atoms with Crippen molar-refractivity contribution in [1.29, 1.82) is 0 Å². The van der Waals surface area contributed by atoms with Gasteiger partial charge in [-0.25, -0.2) is 13.4 Å². The highest BCUT2D eigenvalue weighted by atomic mass is 32.2. The summed E-state index contributed by atoms with van der Waals surface area (Å²) in [5, 5.41) is 8.44. The van der Waals surface area contributed by atoms with E-state index < -0.39 is 16.1 Å². The zero-order valence-electron chi connectivity index (χ0n) is 16.8. The highest BCUT2D eigenvalue weighted by Crippen LogP contribution is 2.29. The first-order chi connectivity index (χ1) is 14.3. The normalized spacial score (nSPS) is 17.1. The second-order valence-corrected chi connectivity index (χ2v) is 10.7. The van der Waals surface area contributed by atoms with Gasteiger partial charge in [0.15, 0.2) is 0 Å². The van der Waals surface area contributed by atoms with Crippen LogP contribution in [-0.2, 0) is 26.0 Å². The van der Waals surface area contributed by atoms with Crippen LogP contribution in [0, 0.1) is 6.92 Å². The van der Waals surface area contributed by atoms with E-state index in [1.807, 2.05) is 12.3 Å². The molecule has 1 aromatic carbocycles. The maximum atomic E-state index is 13.1. The lowest BCUT2D eigenvalue weighted by molar-refractivity contribution is -0.123. The summed E-state index contributed by atoms with van der Waals surface area (Å²) >= 11 is 2.96. The summed E-state index contributed by atoms with van der Waals surface area (Å²) < 4.78 is 27.4. The van der Waals surface area contributed by atoms with E-state index in [-0.39, 0.29) is 22.6 Å². The average molecular weight is 469 g/mol. The van der Waals surface area contributed by atoms with Crippen molar-refractivity contribution in [3.05, 3.63) is 40.3 Å². The maximum Gasteiger partial charge on any atom is 0.244 e. The molecule has 2 heterocycles. The molecule has 3 rings (SSSR count). The molecule has 1 fully saturated rings. The number of hydrogen-bond acceptors (Lipinski definition) is 7. The summed E-state index contributed by atoms with van der Waals surface area (Å²) in [4.78, 5) is 28.6. The first-order valence-electron chi connectivity index (χ1n) is 9.49. The smallest absolute Gasteiger partial charge is 0.244 e. The number of anilines is 1. The van der Waals surface area contributed by atoms with Gasteiger partial charge in [-0.05, 0) is 31.2 Å². The van der Waals surface area contributed by atoms with E-state index in [4.69, 9.17) is 0 Å². The number of nitrogens with one attached hydrogen (secondary N) is 2. The molecule has 0 bridgehead atoms. The molecule has 162 valence electrons. The summed E-state index contributed by atoms with van der Waals surface area (Å²) in [6, 6.07) is 5.24. The molecule has 0 spiro atoms. The van der Waals surface area contributed by atoms with Crippen LogP contribution in [0.3, 0.4) is 0 Å². The van der Waals surface area contributed by atoms with Crippen molar-refractivity contribution in [2.24, 2.45) is 0 Å². The van der Waals surface area contributed by atoms with E-state index >= 15 is 0 Å². The number of hydrogen-bond donors (Lipinski definition) is 2. The second kappa shape index (κ2) is 9.90. The summed E-state index contributed by atoms with van der Waals surface area (Å²) in [6.45, 7) is 4.07. The molecule has 1 aromatic heterocycles. The van der Waals surface area contributed by atoms with E-state index in [0.29, 0.717) is 30.8 Å². The molecule has 2 aromatic rings. The van der Waals surface area contributed by atoms with Gasteiger partial charge in [-0.2, -0.15) is 4.31 Å². The van der Waals surface area contributed by atoms with E-state index in [2.05, 4.69) is 15.6 Å². The molecule has 2 N–H and O–H groups in total. The SMILES string of the molecule is CCC(=O)Nc1ccc(S(=O)(=O)N2CSC[C@@H]2C(=O)NCCc2csc(C)n2)cc1. The highest BCUT2D eigenvalue weighted by molar-refractivity contribution is 8.00. The minimum Gasteiger partial charge on any atom is -0.354 e. The number of thioether (sulfide) groups is 1. The van der Waals surface area contributed by atoms with Crippen molar-refractivity contribution in [1.82, 2.24) is 14.6 Å². The van der Waals surface area contributed by atoms with Gasteiger partial charge in [-0.1, -0.05) is 6.92 Å². The second-order valence-electron chi connectivity index (χ2n) is 6.73. The Bertz CT molecular complexity index is 1010. The van der Waals surface area contributed by atoms with Crippen LogP contribution < -0.4 is 10.6 Å². The molecule has 0 unspecified atom stereocenters.